The summed E-state index contributed by atoms with van der Waals surface area (Å²) in [5.74, 6) is 0.516. The van der Waals surface area contributed by atoms with Crippen LogP contribution in [0, 0.1) is 0 Å². The van der Waals surface area contributed by atoms with Gasteiger partial charge in [0.05, 0.1) is 11.1 Å². The number of amides is 1. The number of nitrogens with two attached hydrogens (primary N) is 1. The average Bonchev–Trinajstić information content (AvgIpc) is 2.32. The number of carbonyl (C=O) groups is 1. The van der Waals surface area contributed by atoms with E-state index in [1.165, 1.54) is 0 Å². The van der Waals surface area contributed by atoms with Crippen molar-refractivity contribution < 1.29 is 9.53 Å². The van der Waals surface area contributed by atoms with Crippen molar-refractivity contribution in [3.8, 4) is 5.75 Å². The van der Waals surface area contributed by atoms with Crippen LogP contribution in [0.5, 0.6) is 5.75 Å². The van der Waals surface area contributed by atoms with E-state index in [1.807, 2.05) is 20.8 Å². The molecule has 0 saturated carbocycles. The second-order valence-electron chi connectivity index (χ2n) is 5.11. The molecule has 20 heavy (non-hydrogen) atoms. The summed E-state index contributed by atoms with van der Waals surface area (Å²) in [4.78, 5) is 11.8. The number of nitrogens with one attached hydrogen (secondary N) is 1. The Kier molecular flexibility index (Phi) is 6.82. The van der Waals surface area contributed by atoms with Crippen LogP contribution in [0.2, 0.25) is 5.02 Å². The molecule has 0 aliphatic carbocycles. The molecular formula is C15H23ClN2O2. The van der Waals surface area contributed by atoms with Crippen molar-refractivity contribution in [2.24, 2.45) is 5.73 Å². The Morgan fingerprint density at radius 3 is 2.70 bits per heavy atom. The molecule has 0 bridgehead atoms. The fraction of sp³-hybridized carbons (Fsp3) is 0.533. The van der Waals surface area contributed by atoms with Crippen LogP contribution in [-0.2, 0) is 4.79 Å². The summed E-state index contributed by atoms with van der Waals surface area (Å²) >= 11 is 6.11. The molecule has 0 radical (unpaired) electrons. The number of hydrogen-bond acceptors (Lipinski definition) is 3. The SMILES string of the molecule is CCCC(N)CC(=O)Nc1ccc(OC(C)C)c(Cl)c1. The van der Waals surface area contributed by atoms with E-state index in [2.05, 4.69) is 5.32 Å². The summed E-state index contributed by atoms with van der Waals surface area (Å²) in [6.45, 7) is 5.91. The van der Waals surface area contributed by atoms with Crippen LogP contribution in [0.3, 0.4) is 0 Å². The summed E-state index contributed by atoms with van der Waals surface area (Å²) in [6.07, 6.45) is 2.19. The fourth-order valence-corrected chi connectivity index (χ4v) is 2.08. The third-order valence-electron chi connectivity index (χ3n) is 2.69. The van der Waals surface area contributed by atoms with E-state index in [-0.39, 0.29) is 18.1 Å². The number of halogens is 1. The van der Waals surface area contributed by atoms with Crippen molar-refractivity contribution in [3.05, 3.63) is 23.2 Å². The zero-order valence-electron chi connectivity index (χ0n) is 12.3. The van der Waals surface area contributed by atoms with Crippen molar-refractivity contribution in [1.82, 2.24) is 0 Å². The lowest BCUT2D eigenvalue weighted by atomic mass is 10.1. The van der Waals surface area contributed by atoms with Crippen molar-refractivity contribution in [3.63, 3.8) is 0 Å². The van der Waals surface area contributed by atoms with Gasteiger partial charge in [0.15, 0.2) is 0 Å². The standard InChI is InChI=1S/C15H23ClN2O2/c1-4-5-11(17)8-15(19)18-12-6-7-14(13(16)9-12)20-10(2)3/h6-7,9-11H,4-5,8,17H2,1-3H3,(H,18,19). The highest BCUT2D eigenvalue weighted by Gasteiger charge is 2.10. The quantitative estimate of drug-likeness (QED) is 0.808. The predicted molar refractivity (Wildman–Crippen MR) is 83.3 cm³/mol. The molecule has 0 aliphatic heterocycles. The number of benzene rings is 1. The lowest BCUT2D eigenvalue weighted by Gasteiger charge is -2.13. The Labute approximate surface area is 125 Å². The van der Waals surface area contributed by atoms with Gasteiger partial charge >= 0.3 is 0 Å². The lowest BCUT2D eigenvalue weighted by molar-refractivity contribution is -0.116. The van der Waals surface area contributed by atoms with Gasteiger partial charge in [0, 0.05) is 18.2 Å². The molecule has 0 aliphatic rings. The van der Waals surface area contributed by atoms with Crippen LogP contribution in [0.25, 0.3) is 0 Å². The van der Waals surface area contributed by atoms with E-state index in [0.717, 1.165) is 12.8 Å². The van der Waals surface area contributed by atoms with Gasteiger partial charge in [-0.1, -0.05) is 24.9 Å². The van der Waals surface area contributed by atoms with Crippen LogP contribution in [0.4, 0.5) is 5.69 Å². The van der Waals surface area contributed by atoms with Crippen LogP contribution >= 0.6 is 11.6 Å². The summed E-state index contributed by atoms with van der Waals surface area (Å²) in [5, 5.41) is 3.27. The Bertz CT molecular complexity index is 449. The van der Waals surface area contributed by atoms with Gasteiger partial charge in [-0.15, -0.1) is 0 Å². The predicted octanol–water partition coefficient (Wildman–Crippen LogP) is 3.58. The zero-order chi connectivity index (χ0) is 15.1. The van der Waals surface area contributed by atoms with Gasteiger partial charge in [-0.25, -0.2) is 0 Å². The summed E-state index contributed by atoms with van der Waals surface area (Å²) in [7, 11) is 0. The molecule has 5 heteroatoms. The molecule has 0 saturated heterocycles. The molecule has 1 unspecified atom stereocenters. The van der Waals surface area contributed by atoms with E-state index in [1.54, 1.807) is 18.2 Å². The Balaban J connectivity index is 2.60. The first kappa shape index (κ1) is 16.8. The molecule has 0 spiro atoms. The van der Waals surface area contributed by atoms with E-state index < -0.39 is 0 Å². The molecule has 1 aromatic carbocycles. The normalized spacial score (nSPS) is 12.3. The first-order chi connectivity index (χ1) is 9.42. The third-order valence-corrected chi connectivity index (χ3v) is 2.98. The summed E-state index contributed by atoms with van der Waals surface area (Å²) in [5.41, 5.74) is 6.49. The molecule has 1 atom stereocenters. The monoisotopic (exact) mass is 298 g/mol. The molecular weight excluding hydrogens is 276 g/mol. The highest BCUT2D eigenvalue weighted by molar-refractivity contribution is 6.32. The van der Waals surface area contributed by atoms with Crippen molar-refractivity contribution in [1.29, 1.82) is 0 Å². The minimum Gasteiger partial charge on any atom is -0.489 e. The maximum atomic E-state index is 11.8. The smallest absolute Gasteiger partial charge is 0.225 e. The topological polar surface area (TPSA) is 64.4 Å². The number of carbonyl (C=O) groups excluding carboxylic acids is 1. The van der Waals surface area contributed by atoms with Gasteiger partial charge < -0.3 is 15.8 Å². The van der Waals surface area contributed by atoms with Gasteiger partial charge in [-0.3, -0.25) is 4.79 Å². The molecule has 0 heterocycles. The van der Waals surface area contributed by atoms with E-state index in [9.17, 15) is 4.79 Å². The van der Waals surface area contributed by atoms with Crippen LogP contribution < -0.4 is 15.8 Å². The van der Waals surface area contributed by atoms with E-state index >= 15 is 0 Å². The number of rotatable bonds is 7. The number of hydrogen-bond donors (Lipinski definition) is 2. The second-order valence-corrected chi connectivity index (χ2v) is 5.52. The molecule has 112 valence electrons. The highest BCUT2D eigenvalue weighted by atomic mass is 35.5. The Hall–Kier alpha value is -1.26. The molecule has 1 amide bonds. The minimum absolute atomic E-state index is 0.0555. The van der Waals surface area contributed by atoms with Gasteiger partial charge in [0.25, 0.3) is 0 Å². The first-order valence-electron chi connectivity index (χ1n) is 6.94. The maximum absolute atomic E-state index is 11.8. The van der Waals surface area contributed by atoms with Gasteiger partial charge in [-0.2, -0.15) is 0 Å². The summed E-state index contributed by atoms with van der Waals surface area (Å²) < 4.78 is 5.54. The largest absolute Gasteiger partial charge is 0.489 e. The maximum Gasteiger partial charge on any atom is 0.225 e. The molecule has 0 fully saturated rings. The molecule has 1 aromatic rings. The van der Waals surface area contributed by atoms with Gasteiger partial charge in [-0.05, 0) is 38.5 Å². The van der Waals surface area contributed by atoms with Gasteiger partial charge in [0.1, 0.15) is 5.75 Å². The number of ether oxygens (including phenoxy) is 1. The number of anilines is 1. The van der Waals surface area contributed by atoms with Gasteiger partial charge in [0.2, 0.25) is 5.91 Å². The van der Waals surface area contributed by atoms with Crippen LogP contribution in [-0.4, -0.2) is 18.1 Å². The summed E-state index contributed by atoms with van der Waals surface area (Å²) in [6, 6.07) is 5.11. The second kappa shape index (κ2) is 8.12. The van der Waals surface area contributed by atoms with Crippen LogP contribution in [0.15, 0.2) is 18.2 Å². The van der Waals surface area contributed by atoms with E-state index in [0.29, 0.717) is 22.9 Å². The zero-order valence-corrected chi connectivity index (χ0v) is 13.0. The fourth-order valence-electron chi connectivity index (χ4n) is 1.85. The first-order valence-corrected chi connectivity index (χ1v) is 7.31. The van der Waals surface area contributed by atoms with Crippen molar-refractivity contribution in [2.75, 3.05) is 5.32 Å². The molecule has 4 nitrogen and oxygen atoms in total. The lowest BCUT2D eigenvalue weighted by Crippen LogP contribution is -2.26. The Morgan fingerprint density at radius 1 is 1.45 bits per heavy atom. The van der Waals surface area contributed by atoms with E-state index in [4.69, 9.17) is 22.1 Å². The van der Waals surface area contributed by atoms with Crippen molar-refractivity contribution >= 4 is 23.2 Å². The Morgan fingerprint density at radius 2 is 2.15 bits per heavy atom. The highest BCUT2D eigenvalue weighted by Crippen LogP contribution is 2.28. The molecule has 3 N–H and O–H groups in total. The average molecular weight is 299 g/mol. The van der Waals surface area contributed by atoms with Crippen molar-refractivity contribution in [2.45, 2.75) is 52.2 Å². The van der Waals surface area contributed by atoms with Crippen LogP contribution in [0.1, 0.15) is 40.0 Å². The third kappa shape index (κ3) is 5.80. The molecule has 0 aromatic heterocycles. The minimum atomic E-state index is -0.0981. The molecule has 1 rings (SSSR count).